The highest BCUT2D eigenvalue weighted by Gasteiger charge is 2.15. The number of H-pyrrole nitrogens is 1. The van der Waals surface area contributed by atoms with Crippen LogP contribution in [0.15, 0.2) is 52.4 Å². The monoisotopic (exact) mass is 437 g/mol. The van der Waals surface area contributed by atoms with Gasteiger partial charge in [-0.05, 0) is 30.5 Å². The van der Waals surface area contributed by atoms with Crippen molar-refractivity contribution < 1.29 is 9.59 Å². The molecule has 0 saturated heterocycles. The summed E-state index contributed by atoms with van der Waals surface area (Å²) < 4.78 is 0. The Labute approximate surface area is 183 Å². The number of nitrogens with zero attached hydrogens (tertiary/aromatic N) is 2. The number of amides is 2. The highest BCUT2D eigenvalue weighted by molar-refractivity contribution is 7.99. The number of nitrogens with one attached hydrogen (secondary N) is 3. The number of aromatic nitrogens is 3. The van der Waals surface area contributed by atoms with Gasteiger partial charge in [-0.25, -0.2) is 0 Å². The van der Waals surface area contributed by atoms with E-state index in [1.165, 1.54) is 6.92 Å². The molecule has 0 aliphatic heterocycles. The van der Waals surface area contributed by atoms with E-state index in [-0.39, 0.29) is 28.4 Å². The highest BCUT2D eigenvalue weighted by Crippen LogP contribution is 2.27. The van der Waals surface area contributed by atoms with Crippen molar-refractivity contribution in [2.24, 2.45) is 0 Å². The SMILES string of the molecule is CCc1ccccc1NC(=O)CSc1nnc(-c2cccc(C)c2NC(C)=O)c(=O)[nH]1. The van der Waals surface area contributed by atoms with Crippen LogP contribution in [-0.2, 0) is 16.0 Å². The molecule has 0 unspecified atom stereocenters. The van der Waals surface area contributed by atoms with Crippen LogP contribution in [0.5, 0.6) is 0 Å². The number of anilines is 2. The molecule has 0 aliphatic rings. The summed E-state index contributed by atoms with van der Waals surface area (Å²) in [5.41, 5.74) is 3.27. The van der Waals surface area contributed by atoms with Crippen molar-refractivity contribution in [1.82, 2.24) is 15.2 Å². The molecule has 2 aromatic carbocycles. The molecule has 1 aromatic heterocycles. The van der Waals surface area contributed by atoms with E-state index in [1.54, 1.807) is 12.1 Å². The molecule has 0 atom stereocenters. The number of carbonyl (C=O) groups excluding carboxylic acids is 2. The molecule has 2 amide bonds. The van der Waals surface area contributed by atoms with E-state index < -0.39 is 5.56 Å². The van der Waals surface area contributed by atoms with Crippen LogP contribution in [0.4, 0.5) is 11.4 Å². The van der Waals surface area contributed by atoms with Gasteiger partial charge in [-0.2, -0.15) is 0 Å². The summed E-state index contributed by atoms with van der Waals surface area (Å²) in [7, 11) is 0. The van der Waals surface area contributed by atoms with Gasteiger partial charge in [0.2, 0.25) is 11.8 Å². The topological polar surface area (TPSA) is 117 Å². The van der Waals surface area contributed by atoms with Crippen molar-refractivity contribution in [2.45, 2.75) is 32.3 Å². The van der Waals surface area contributed by atoms with Gasteiger partial charge in [-0.3, -0.25) is 19.4 Å². The molecule has 31 heavy (non-hydrogen) atoms. The van der Waals surface area contributed by atoms with Crippen LogP contribution >= 0.6 is 11.8 Å². The summed E-state index contributed by atoms with van der Waals surface area (Å²) >= 11 is 1.09. The molecule has 3 aromatic rings. The summed E-state index contributed by atoms with van der Waals surface area (Å²) in [6.07, 6.45) is 0.809. The van der Waals surface area contributed by atoms with Gasteiger partial charge < -0.3 is 10.6 Å². The third-order valence-electron chi connectivity index (χ3n) is 4.52. The van der Waals surface area contributed by atoms with Crippen LogP contribution in [-0.4, -0.2) is 32.7 Å². The minimum absolute atomic E-state index is 0.0730. The molecule has 3 N–H and O–H groups in total. The Morgan fingerprint density at radius 1 is 1.06 bits per heavy atom. The standard InChI is InChI=1S/C22H23N5O3S/c1-4-15-9-5-6-11-17(15)24-18(29)12-31-22-25-21(30)20(26-27-22)16-10-7-8-13(2)19(16)23-14(3)28/h5-11H,4,12H2,1-3H3,(H,23,28)(H,24,29)(H,25,27,30). The first kappa shape index (κ1) is 22.2. The van der Waals surface area contributed by atoms with Gasteiger partial charge in [0.05, 0.1) is 11.4 Å². The molecule has 0 spiro atoms. The molecular formula is C22H23N5O3S. The normalized spacial score (nSPS) is 10.5. The minimum atomic E-state index is -0.452. The van der Waals surface area contributed by atoms with Gasteiger partial charge in [-0.15, -0.1) is 10.2 Å². The molecule has 0 aliphatic carbocycles. The molecular weight excluding hydrogens is 414 g/mol. The maximum Gasteiger partial charge on any atom is 0.278 e. The van der Waals surface area contributed by atoms with Crippen molar-refractivity contribution >= 4 is 35.0 Å². The summed E-state index contributed by atoms with van der Waals surface area (Å²) in [6, 6.07) is 12.9. The second-order valence-electron chi connectivity index (χ2n) is 6.83. The number of thioether (sulfide) groups is 1. The van der Waals surface area contributed by atoms with Gasteiger partial charge in [0.15, 0.2) is 10.9 Å². The largest absolute Gasteiger partial charge is 0.325 e. The lowest BCUT2D eigenvalue weighted by atomic mass is 10.1. The van der Waals surface area contributed by atoms with E-state index in [9.17, 15) is 14.4 Å². The van der Waals surface area contributed by atoms with Crippen LogP contribution in [0.2, 0.25) is 0 Å². The molecule has 1 heterocycles. The lowest BCUT2D eigenvalue weighted by molar-refractivity contribution is -0.114. The van der Waals surface area contributed by atoms with E-state index in [1.807, 2.05) is 44.2 Å². The van der Waals surface area contributed by atoms with Crippen LogP contribution < -0.4 is 16.2 Å². The molecule has 0 saturated carbocycles. The molecule has 0 fully saturated rings. The Hall–Kier alpha value is -3.46. The van der Waals surface area contributed by atoms with E-state index in [4.69, 9.17) is 0 Å². The lowest BCUT2D eigenvalue weighted by Gasteiger charge is -2.12. The van der Waals surface area contributed by atoms with E-state index in [2.05, 4.69) is 25.8 Å². The predicted octanol–water partition coefficient (Wildman–Crippen LogP) is 3.39. The molecule has 3 rings (SSSR count). The number of carbonyl (C=O) groups is 2. The smallest absolute Gasteiger partial charge is 0.278 e. The first-order chi connectivity index (χ1) is 14.9. The molecule has 9 heteroatoms. The predicted molar refractivity (Wildman–Crippen MR) is 122 cm³/mol. The van der Waals surface area contributed by atoms with Crippen molar-refractivity contribution in [2.75, 3.05) is 16.4 Å². The zero-order valence-electron chi connectivity index (χ0n) is 17.5. The average Bonchev–Trinajstić information content (AvgIpc) is 2.74. The fraction of sp³-hybridized carbons (Fsp3) is 0.227. The van der Waals surface area contributed by atoms with Gasteiger partial charge in [0, 0.05) is 18.2 Å². The molecule has 0 bridgehead atoms. The third kappa shape index (κ3) is 5.58. The first-order valence-electron chi connectivity index (χ1n) is 9.74. The van der Waals surface area contributed by atoms with Crippen molar-refractivity contribution in [3.8, 4) is 11.3 Å². The van der Waals surface area contributed by atoms with Gasteiger partial charge >= 0.3 is 0 Å². The van der Waals surface area contributed by atoms with E-state index in [0.717, 1.165) is 35.0 Å². The maximum atomic E-state index is 12.6. The Morgan fingerprint density at radius 2 is 1.84 bits per heavy atom. The van der Waals surface area contributed by atoms with Crippen molar-refractivity contribution in [3.63, 3.8) is 0 Å². The number of hydrogen-bond donors (Lipinski definition) is 3. The summed E-state index contributed by atoms with van der Waals surface area (Å²) in [6.45, 7) is 5.25. The van der Waals surface area contributed by atoms with E-state index in [0.29, 0.717) is 11.3 Å². The summed E-state index contributed by atoms with van der Waals surface area (Å²) in [4.78, 5) is 39.1. The second kappa shape index (κ2) is 10.0. The average molecular weight is 438 g/mol. The van der Waals surface area contributed by atoms with Gasteiger partial charge in [0.1, 0.15) is 0 Å². The quantitative estimate of drug-likeness (QED) is 0.488. The fourth-order valence-electron chi connectivity index (χ4n) is 3.04. The zero-order valence-corrected chi connectivity index (χ0v) is 18.3. The van der Waals surface area contributed by atoms with Gasteiger partial charge in [-0.1, -0.05) is 55.1 Å². The second-order valence-corrected chi connectivity index (χ2v) is 7.80. The highest BCUT2D eigenvalue weighted by atomic mass is 32.2. The molecule has 8 nitrogen and oxygen atoms in total. The van der Waals surface area contributed by atoms with Crippen molar-refractivity contribution in [1.29, 1.82) is 0 Å². The third-order valence-corrected chi connectivity index (χ3v) is 5.38. The number of aryl methyl sites for hydroxylation is 2. The Kier molecular flexibility index (Phi) is 7.19. The maximum absolute atomic E-state index is 12.6. The summed E-state index contributed by atoms with van der Waals surface area (Å²) in [5.74, 6) is -0.379. The first-order valence-corrected chi connectivity index (χ1v) is 10.7. The summed E-state index contributed by atoms with van der Waals surface area (Å²) in [5, 5.41) is 13.9. The number of benzene rings is 2. The number of para-hydroxylation sites is 2. The Bertz CT molecular complexity index is 1180. The number of aromatic amines is 1. The Balaban J connectivity index is 1.73. The number of hydrogen-bond acceptors (Lipinski definition) is 6. The Morgan fingerprint density at radius 3 is 2.55 bits per heavy atom. The van der Waals surface area contributed by atoms with Crippen LogP contribution in [0.1, 0.15) is 25.0 Å². The van der Waals surface area contributed by atoms with Crippen LogP contribution in [0.25, 0.3) is 11.3 Å². The minimum Gasteiger partial charge on any atom is -0.325 e. The molecule has 160 valence electrons. The van der Waals surface area contributed by atoms with Crippen LogP contribution in [0.3, 0.4) is 0 Å². The van der Waals surface area contributed by atoms with Crippen molar-refractivity contribution in [3.05, 3.63) is 63.9 Å². The van der Waals surface area contributed by atoms with Crippen LogP contribution in [0, 0.1) is 6.92 Å². The number of rotatable bonds is 7. The molecule has 0 radical (unpaired) electrons. The van der Waals surface area contributed by atoms with E-state index >= 15 is 0 Å². The van der Waals surface area contributed by atoms with Gasteiger partial charge in [0.25, 0.3) is 5.56 Å². The zero-order chi connectivity index (χ0) is 22.4. The fourth-order valence-corrected chi connectivity index (χ4v) is 3.64. The lowest BCUT2D eigenvalue weighted by Crippen LogP contribution is -2.18.